The molecule has 1 N–H and O–H groups in total. The van der Waals surface area contributed by atoms with Crippen molar-refractivity contribution in [2.24, 2.45) is 0 Å². The Kier molecular flexibility index (Phi) is 5.72. The van der Waals surface area contributed by atoms with Crippen LogP contribution in [-0.4, -0.2) is 65.1 Å². The lowest BCUT2D eigenvalue weighted by Crippen LogP contribution is -2.49. The third-order valence-corrected chi connectivity index (χ3v) is 4.14. The molecule has 1 unspecified atom stereocenters. The second-order valence-corrected chi connectivity index (χ2v) is 5.61. The molecular weight excluding hydrogens is 274 g/mol. The highest BCUT2D eigenvalue weighted by molar-refractivity contribution is 5.85. The van der Waals surface area contributed by atoms with Gasteiger partial charge in [-0.2, -0.15) is 0 Å². The number of nitrogens with zero attached hydrogens (tertiary/aromatic N) is 4. The second kappa shape index (κ2) is 7.31. The molecule has 0 aromatic carbocycles. The van der Waals surface area contributed by atoms with E-state index in [1.54, 1.807) is 0 Å². The predicted octanol–water partition coefficient (Wildman–Crippen LogP) is 0.686. The minimum atomic E-state index is 0. The van der Waals surface area contributed by atoms with E-state index in [4.69, 9.17) is 0 Å². The fourth-order valence-corrected chi connectivity index (χ4v) is 3.03. The van der Waals surface area contributed by atoms with Crippen molar-refractivity contribution in [1.82, 2.24) is 25.1 Å². The van der Waals surface area contributed by atoms with Gasteiger partial charge < -0.3 is 5.32 Å². The van der Waals surface area contributed by atoms with Crippen molar-refractivity contribution in [3.8, 4) is 0 Å². The summed E-state index contributed by atoms with van der Waals surface area (Å²) in [6.45, 7) is 9.95. The number of rotatable bonds is 3. The van der Waals surface area contributed by atoms with Gasteiger partial charge in [-0.25, -0.2) is 0 Å². The third kappa shape index (κ3) is 3.88. The van der Waals surface area contributed by atoms with Crippen molar-refractivity contribution in [1.29, 1.82) is 0 Å². The van der Waals surface area contributed by atoms with E-state index in [9.17, 15) is 0 Å². The zero-order chi connectivity index (χ0) is 13.1. The average molecular weight is 298 g/mol. The zero-order valence-electron chi connectivity index (χ0n) is 12.1. The largest absolute Gasteiger partial charge is 0.314 e. The topological polar surface area (TPSA) is 44.3 Å². The number of nitrogens with one attached hydrogen (secondary N) is 1. The van der Waals surface area contributed by atoms with Gasteiger partial charge in [0.05, 0.1) is 11.4 Å². The molecule has 20 heavy (non-hydrogen) atoms. The molecule has 1 aromatic rings. The van der Waals surface area contributed by atoms with Crippen LogP contribution in [-0.2, 0) is 6.54 Å². The standard InChI is InChI=1S/C14H23N5.ClH/c1-12-8-17-13(9-16-12)10-18-5-2-14(11-18)19-6-3-15-4-7-19;/h8-9,14-15H,2-7,10-11H2,1H3;1H. The second-order valence-electron chi connectivity index (χ2n) is 5.61. The quantitative estimate of drug-likeness (QED) is 0.889. The van der Waals surface area contributed by atoms with Crippen molar-refractivity contribution in [3.63, 3.8) is 0 Å². The van der Waals surface area contributed by atoms with Crippen molar-refractivity contribution < 1.29 is 0 Å². The molecule has 0 aliphatic carbocycles. The lowest BCUT2D eigenvalue weighted by molar-refractivity contribution is 0.170. The summed E-state index contributed by atoms with van der Waals surface area (Å²) in [5, 5.41) is 3.42. The van der Waals surface area contributed by atoms with Gasteiger partial charge in [0, 0.05) is 64.2 Å². The molecule has 3 heterocycles. The molecule has 1 aromatic heterocycles. The molecule has 0 amide bonds. The Morgan fingerprint density at radius 3 is 2.70 bits per heavy atom. The molecule has 5 nitrogen and oxygen atoms in total. The minimum Gasteiger partial charge on any atom is -0.314 e. The maximum absolute atomic E-state index is 4.45. The first-order chi connectivity index (χ1) is 9.31. The molecule has 112 valence electrons. The smallest absolute Gasteiger partial charge is 0.0727 e. The highest BCUT2D eigenvalue weighted by Crippen LogP contribution is 2.17. The molecule has 2 fully saturated rings. The lowest BCUT2D eigenvalue weighted by atomic mass is 10.2. The summed E-state index contributed by atoms with van der Waals surface area (Å²) in [5.74, 6) is 0. The molecule has 2 saturated heterocycles. The van der Waals surface area contributed by atoms with Gasteiger partial charge in [0.1, 0.15) is 0 Å². The van der Waals surface area contributed by atoms with Crippen LogP contribution in [0.15, 0.2) is 12.4 Å². The maximum atomic E-state index is 4.45. The Labute approximate surface area is 127 Å². The Bertz CT molecular complexity index is 405. The van der Waals surface area contributed by atoms with Gasteiger partial charge in [-0.15, -0.1) is 12.4 Å². The summed E-state index contributed by atoms with van der Waals surface area (Å²) in [7, 11) is 0. The van der Waals surface area contributed by atoms with Gasteiger partial charge in [-0.1, -0.05) is 0 Å². The number of aromatic nitrogens is 2. The normalized spacial score (nSPS) is 24.6. The first kappa shape index (κ1) is 15.6. The Morgan fingerprint density at radius 2 is 2.00 bits per heavy atom. The Balaban J connectivity index is 0.00000147. The fourth-order valence-electron chi connectivity index (χ4n) is 3.03. The molecular formula is C14H24ClN5. The van der Waals surface area contributed by atoms with E-state index in [2.05, 4.69) is 25.1 Å². The van der Waals surface area contributed by atoms with Crippen LogP contribution in [0.25, 0.3) is 0 Å². The number of likely N-dealkylation sites (tertiary alicyclic amines) is 1. The summed E-state index contributed by atoms with van der Waals surface area (Å²) in [4.78, 5) is 13.9. The van der Waals surface area contributed by atoms with Gasteiger partial charge >= 0.3 is 0 Å². The summed E-state index contributed by atoms with van der Waals surface area (Å²) < 4.78 is 0. The van der Waals surface area contributed by atoms with Crippen molar-refractivity contribution >= 4 is 12.4 Å². The van der Waals surface area contributed by atoms with E-state index < -0.39 is 0 Å². The predicted molar refractivity (Wildman–Crippen MR) is 82.1 cm³/mol. The van der Waals surface area contributed by atoms with Gasteiger partial charge in [0.2, 0.25) is 0 Å². The number of halogens is 1. The number of piperazine rings is 1. The van der Waals surface area contributed by atoms with Crippen LogP contribution in [0.1, 0.15) is 17.8 Å². The molecule has 0 radical (unpaired) electrons. The monoisotopic (exact) mass is 297 g/mol. The Morgan fingerprint density at radius 1 is 1.20 bits per heavy atom. The highest BCUT2D eigenvalue weighted by atomic mass is 35.5. The van der Waals surface area contributed by atoms with Crippen LogP contribution in [0.2, 0.25) is 0 Å². The van der Waals surface area contributed by atoms with Crippen molar-refractivity contribution in [2.75, 3.05) is 39.3 Å². The van der Waals surface area contributed by atoms with E-state index in [0.29, 0.717) is 0 Å². The first-order valence-electron chi connectivity index (χ1n) is 7.26. The molecule has 2 aliphatic heterocycles. The first-order valence-corrected chi connectivity index (χ1v) is 7.26. The number of hydrogen-bond donors (Lipinski definition) is 1. The van der Waals surface area contributed by atoms with Crippen molar-refractivity contribution in [3.05, 3.63) is 23.8 Å². The highest BCUT2D eigenvalue weighted by Gasteiger charge is 2.28. The lowest BCUT2D eigenvalue weighted by Gasteiger charge is -2.32. The maximum Gasteiger partial charge on any atom is 0.0727 e. The van der Waals surface area contributed by atoms with Crippen LogP contribution in [0, 0.1) is 6.92 Å². The van der Waals surface area contributed by atoms with Crippen LogP contribution >= 0.6 is 12.4 Å². The van der Waals surface area contributed by atoms with Crippen LogP contribution in [0.3, 0.4) is 0 Å². The van der Waals surface area contributed by atoms with E-state index >= 15 is 0 Å². The van der Waals surface area contributed by atoms with Crippen LogP contribution in [0.5, 0.6) is 0 Å². The Hall–Kier alpha value is -0.750. The molecule has 0 saturated carbocycles. The molecule has 2 aliphatic rings. The summed E-state index contributed by atoms with van der Waals surface area (Å²) in [5.41, 5.74) is 2.08. The fraction of sp³-hybridized carbons (Fsp3) is 0.714. The SMILES string of the molecule is Cc1cnc(CN2CCC(N3CCNCC3)C2)cn1.Cl. The third-order valence-electron chi connectivity index (χ3n) is 4.14. The number of aryl methyl sites for hydroxylation is 1. The van der Waals surface area contributed by atoms with Gasteiger partial charge in [0.15, 0.2) is 0 Å². The van der Waals surface area contributed by atoms with E-state index in [0.717, 1.165) is 37.1 Å². The van der Waals surface area contributed by atoms with E-state index in [-0.39, 0.29) is 12.4 Å². The van der Waals surface area contributed by atoms with Gasteiger partial charge in [-0.3, -0.25) is 19.8 Å². The summed E-state index contributed by atoms with van der Waals surface area (Å²) in [6.07, 6.45) is 5.06. The minimum absolute atomic E-state index is 0. The van der Waals surface area contributed by atoms with Gasteiger partial charge in [-0.05, 0) is 13.3 Å². The zero-order valence-corrected chi connectivity index (χ0v) is 12.9. The van der Waals surface area contributed by atoms with Crippen LogP contribution < -0.4 is 5.32 Å². The number of hydrogen-bond acceptors (Lipinski definition) is 5. The molecule has 3 rings (SSSR count). The molecule has 1 atom stereocenters. The summed E-state index contributed by atoms with van der Waals surface area (Å²) in [6, 6.07) is 0.737. The van der Waals surface area contributed by atoms with E-state index in [1.807, 2.05) is 19.3 Å². The summed E-state index contributed by atoms with van der Waals surface area (Å²) >= 11 is 0. The van der Waals surface area contributed by atoms with Crippen molar-refractivity contribution in [2.45, 2.75) is 25.9 Å². The molecule has 6 heteroatoms. The van der Waals surface area contributed by atoms with Gasteiger partial charge in [0.25, 0.3) is 0 Å². The molecule has 0 spiro atoms. The molecule has 0 bridgehead atoms. The average Bonchev–Trinajstić information content (AvgIpc) is 2.91. The van der Waals surface area contributed by atoms with E-state index in [1.165, 1.54) is 32.6 Å². The van der Waals surface area contributed by atoms with Crippen LogP contribution in [0.4, 0.5) is 0 Å².